The van der Waals surface area contributed by atoms with E-state index in [-0.39, 0.29) is 44.4 Å². The highest BCUT2D eigenvalue weighted by atomic mass is 16.6. The van der Waals surface area contributed by atoms with Crippen LogP contribution >= 0.6 is 0 Å². The molecule has 1 fully saturated rings. The summed E-state index contributed by atoms with van der Waals surface area (Å²) in [6.45, 7) is 5.30. The Labute approximate surface area is 318 Å². The summed E-state index contributed by atoms with van der Waals surface area (Å²) in [4.78, 5) is 24.5. The first-order valence-corrected chi connectivity index (χ1v) is 18.8. The third-order valence-corrected chi connectivity index (χ3v) is 9.70. The second-order valence-electron chi connectivity index (χ2n) is 14.6. The molecule has 0 amide bonds. The molecule has 2 aliphatic rings. The number of aliphatic hydroxyl groups excluding tert-OH is 7. The maximum absolute atomic E-state index is 12.5. The van der Waals surface area contributed by atoms with Crippen LogP contribution in [0.3, 0.4) is 0 Å². The zero-order valence-corrected chi connectivity index (χ0v) is 31.5. The lowest BCUT2D eigenvalue weighted by molar-refractivity contribution is -0.300. The molecule has 2 bridgehead atoms. The third kappa shape index (κ3) is 17.9. The molecule has 13 atom stereocenters. The number of cyclic esters (lactones) is 1. The molecule has 0 radical (unpaired) electrons. The van der Waals surface area contributed by atoms with Crippen molar-refractivity contribution >= 4 is 11.9 Å². The number of carbonyl (C=O) groups excluding carboxylic acids is 1. The van der Waals surface area contributed by atoms with Gasteiger partial charge < -0.3 is 55.4 Å². The second kappa shape index (κ2) is 24.3. The van der Waals surface area contributed by atoms with Crippen LogP contribution in [0.15, 0.2) is 85.1 Å². The number of hydrogen-bond acceptors (Lipinski definition) is 12. The molecule has 54 heavy (non-hydrogen) atoms. The summed E-state index contributed by atoms with van der Waals surface area (Å²) in [6, 6.07) is 0. The van der Waals surface area contributed by atoms with E-state index in [1.54, 1.807) is 44.2 Å². The number of carboxylic acids is 1. The van der Waals surface area contributed by atoms with Gasteiger partial charge in [0.25, 0.3) is 0 Å². The molecule has 2 heterocycles. The normalized spacial score (nSPS) is 38.2. The fraction of sp³-hybridized carbons (Fsp3) is 0.610. The van der Waals surface area contributed by atoms with E-state index in [9.17, 15) is 55.5 Å². The third-order valence-electron chi connectivity index (χ3n) is 9.70. The van der Waals surface area contributed by atoms with E-state index in [1.807, 2.05) is 55.5 Å². The Hall–Kier alpha value is -3.24. The quantitative estimate of drug-likeness (QED) is 0.175. The van der Waals surface area contributed by atoms with E-state index in [0.717, 1.165) is 0 Å². The summed E-state index contributed by atoms with van der Waals surface area (Å²) in [7, 11) is 0. The summed E-state index contributed by atoms with van der Waals surface area (Å²) in [5, 5.41) is 94.9. The van der Waals surface area contributed by atoms with Crippen molar-refractivity contribution in [2.45, 2.75) is 139 Å². The van der Waals surface area contributed by atoms with Crippen molar-refractivity contribution in [3.05, 3.63) is 85.1 Å². The number of fused-ring (bicyclic) bond motifs is 2. The molecule has 2 rings (SSSR count). The molecule has 0 saturated carbocycles. The number of carboxylic acid groups (broad SMARTS) is 1. The van der Waals surface area contributed by atoms with Crippen molar-refractivity contribution in [3.8, 4) is 0 Å². The summed E-state index contributed by atoms with van der Waals surface area (Å²) < 4.78 is 11.2. The van der Waals surface area contributed by atoms with Crippen LogP contribution in [0.1, 0.15) is 78.6 Å². The summed E-state index contributed by atoms with van der Waals surface area (Å²) in [5.74, 6) is -6.23. The maximum atomic E-state index is 12.5. The number of esters is 1. The van der Waals surface area contributed by atoms with Gasteiger partial charge in [-0.05, 0) is 39.0 Å². The SMILES string of the molecule is CC1C=CC=CC=CC=CC=CC=CC=CC(O)CC2OC(O)(CC(O)CC(O)CCCC(O)CC(O)CC(=O)OC(C)C(C)C1O)CC(O)C2C(=O)O. The van der Waals surface area contributed by atoms with E-state index < -0.39 is 97.3 Å². The topological polar surface area (TPSA) is 235 Å². The molecule has 13 unspecified atom stereocenters. The lowest BCUT2D eigenvalue weighted by Crippen LogP contribution is -2.56. The minimum absolute atomic E-state index is 0.107. The van der Waals surface area contributed by atoms with Crippen molar-refractivity contribution in [2.24, 2.45) is 17.8 Å². The number of rotatable bonds is 1. The fourth-order valence-electron chi connectivity index (χ4n) is 6.56. The largest absolute Gasteiger partial charge is 0.481 e. The van der Waals surface area contributed by atoms with Gasteiger partial charge in [-0.2, -0.15) is 0 Å². The van der Waals surface area contributed by atoms with Gasteiger partial charge in [-0.3, -0.25) is 9.59 Å². The molecule has 304 valence electrons. The zero-order valence-electron chi connectivity index (χ0n) is 31.5. The van der Waals surface area contributed by atoms with Crippen LogP contribution in [0.25, 0.3) is 0 Å². The van der Waals surface area contributed by atoms with E-state index >= 15 is 0 Å². The van der Waals surface area contributed by atoms with Crippen molar-refractivity contribution < 1.29 is 65.0 Å². The van der Waals surface area contributed by atoms with Crippen molar-refractivity contribution in [3.63, 3.8) is 0 Å². The average molecular weight is 763 g/mol. The van der Waals surface area contributed by atoms with Crippen LogP contribution in [0.2, 0.25) is 0 Å². The van der Waals surface area contributed by atoms with Crippen LogP contribution in [-0.4, -0.2) is 119 Å². The molecule has 13 heteroatoms. The lowest BCUT2D eigenvalue weighted by atomic mass is 9.83. The predicted octanol–water partition coefficient (Wildman–Crippen LogP) is 2.92. The van der Waals surface area contributed by atoms with Gasteiger partial charge in [0.1, 0.15) is 12.0 Å². The molecule has 9 N–H and O–H groups in total. The Morgan fingerprint density at radius 3 is 1.72 bits per heavy atom. The smallest absolute Gasteiger partial charge is 0.311 e. The minimum Gasteiger partial charge on any atom is -0.481 e. The Kier molecular flexibility index (Phi) is 21.1. The zero-order chi connectivity index (χ0) is 40.3. The first kappa shape index (κ1) is 46.9. The summed E-state index contributed by atoms with van der Waals surface area (Å²) in [6.07, 6.45) is 13.4. The van der Waals surface area contributed by atoms with Crippen LogP contribution in [-0.2, 0) is 19.1 Å². The lowest BCUT2D eigenvalue weighted by Gasteiger charge is -2.44. The number of hydrogen-bond donors (Lipinski definition) is 9. The molecule has 1 saturated heterocycles. The van der Waals surface area contributed by atoms with Gasteiger partial charge in [0.2, 0.25) is 0 Å². The number of aliphatic carboxylic acids is 1. The second-order valence-corrected chi connectivity index (χ2v) is 14.6. The Morgan fingerprint density at radius 2 is 1.19 bits per heavy atom. The Balaban J connectivity index is 2.15. The van der Waals surface area contributed by atoms with E-state index in [1.165, 1.54) is 6.08 Å². The minimum atomic E-state index is -2.13. The molecule has 0 spiro atoms. The number of aliphatic hydroxyl groups is 8. The molecule has 0 aromatic heterocycles. The highest BCUT2D eigenvalue weighted by molar-refractivity contribution is 5.71. The van der Waals surface area contributed by atoms with Crippen LogP contribution < -0.4 is 0 Å². The first-order valence-electron chi connectivity index (χ1n) is 18.8. The monoisotopic (exact) mass is 762 g/mol. The number of carbonyl (C=O) groups is 2. The number of ether oxygens (including phenoxy) is 2. The van der Waals surface area contributed by atoms with Gasteiger partial charge in [-0.15, -0.1) is 0 Å². The van der Waals surface area contributed by atoms with Crippen LogP contribution in [0.4, 0.5) is 0 Å². The summed E-state index contributed by atoms with van der Waals surface area (Å²) >= 11 is 0. The first-order chi connectivity index (χ1) is 25.5. The van der Waals surface area contributed by atoms with E-state index in [4.69, 9.17) is 9.47 Å². The van der Waals surface area contributed by atoms with Gasteiger partial charge in [-0.25, -0.2) is 0 Å². The van der Waals surface area contributed by atoms with Gasteiger partial charge in [0.15, 0.2) is 5.79 Å². The van der Waals surface area contributed by atoms with Crippen molar-refractivity contribution in [2.75, 3.05) is 0 Å². The van der Waals surface area contributed by atoms with Gasteiger partial charge >= 0.3 is 11.9 Å². The van der Waals surface area contributed by atoms with Crippen LogP contribution in [0.5, 0.6) is 0 Å². The molecule has 2 aliphatic heterocycles. The predicted molar refractivity (Wildman–Crippen MR) is 202 cm³/mol. The molecule has 0 aromatic rings. The van der Waals surface area contributed by atoms with Crippen molar-refractivity contribution in [1.29, 1.82) is 0 Å². The fourth-order valence-corrected chi connectivity index (χ4v) is 6.56. The standard InChI is InChI=1S/C41H62O13/c1-27-17-14-12-10-8-6-4-5-7-9-11-13-15-18-32(44)23-36-38(40(50)51)35(47)26-41(52,54-36)25-34(46)22-31(43)20-16-19-30(42)21-33(45)24-37(48)53-29(3)28(2)39(27)49/h4-15,17-18,27-36,38-39,42-47,49,52H,16,19-26H2,1-3H3,(H,50,51). The molecule has 0 aliphatic carbocycles. The molecule has 0 aromatic carbocycles. The van der Waals surface area contributed by atoms with E-state index in [2.05, 4.69) is 0 Å². The van der Waals surface area contributed by atoms with Gasteiger partial charge in [0.05, 0.1) is 55.3 Å². The molecule has 13 nitrogen and oxygen atoms in total. The molecular weight excluding hydrogens is 700 g/mol. The number of allylic oxidation sites excluding steroid dienone is 12. The van der Waals surface area contributed by atoms with Crippen LogP contribution in [0, 0.1) is 17.8 Å². The Morgan fingerprint density at radius 1 is 0.685 bits per heavy atom. The molecular formula is C41H62O13. The highest BCUT2D eigenvalue weighted by Gasteiger charge is 2.49. The maximum Gasteiger partial charge on any atom is 0.311 e. The summed E-state index contributed by atoms with van der Waals surface area (Å²) in [5.41, 5.74) is 0. The Bertz CT molecular complexity index is 1340. The van der Waals surface area contributed by atoms with Gasteiger partial charge in [-0.1, -0.05) is 98.9 Å². The van der Waals surface area contributed by atoms with Gasteiger partial charge in [0, 0.05) is 31.1 Å². The van der Waals surface area contributed by atoms with Crippen molar-refractivity contribution in [1.82, 2.24) is 0 Å². The highest BCUT2D eigenvalue weighted by Crippen LogP contribution is 2.37. The van der Waals surface area contributed by atoms with E-state index in [0.29, 0.717) is 6.42 Å². The average Bonchev–Trinajstić information content (AvgIpc) is 3.06.